The molecule has 0 heterocycles. The highest BCUT2D eigenvalue weighted by atomic mass is 19.4. The van der Waals surface area contributed by atoms with Crippen molar-refractivity contribution in [3.63, 3.8) is 0 Å². The van der Waals surface area contributed by atoms with Crippen molar-refractivity contribution in [1.29, 1.82) is 0 Å². The number of nitrogens with zero attached hydrogens (tertiary/aromatic N) is 1. The summed E-state index contributed by atoms with van der Waals surface area (Å²) in [4.78, 5) is 0. The standard InChI is InChI=1S/C6H8F6N2O2/c7-5(8,9)2-16-1-3(4(13)14-15)6(10,11)12/h3,15H,1-2H2,(H2,13,14). The Morgan fingerprint density at radius 2 is 1.75 bits per heavy atom. The third-order valence-corrected chi connectivity index (χ3v) is 1.42. The molecule has 16 heavy (non-hydrogen) atoms. The van der Waals surface area contributed by atoms with Crippen molar-refractivity contribution in [2.75, 3.05) is 13.2 Å². The second kappa shape index (κ2) is 5.23. The van der Waals surface area contributed by atoms with Gasteiger partial charge in [-0.15, -0.1) is 0 Å². The molecule has 4 nitrogen and oxygen atoms in total. The van der Waals surface area contributed by atoms with Crippen molar-refractivity contribution < 1.29 is 36.3 Å². The van der Waals surface area contributed by atoms with Crippen LogP contribution in [0.5, 0.6) is 0 Å². The molecule has 0 bridgehead atoms. The highest BCUT2D eigenvalue weighted by molar-refractivity contribution is 5.83. The van der Waals surface area contributed by atoms with Gasteiger partial charge in [0.25, 0.3) is 0 Å². The first-order chi connectivity index (χ1) is 7.08. The second-order valence-electron chi connectivity index (χ2n) is 2.75. The van der Waals surface area contributed by atoms with Gasteiger partial charge in [0.1, 0.15) is 12.5 Å². The van der Waals surface area contributed by atoms with Crippen molar-refractivity contribution in [2.24, 2.45) is 16.8 Å². The number of halogens is 6. The number of rotatable bonds is 4. The summed E-state index contributed by atoms with van der Waals surface area (Å²) in [6.45, 7) is -3.20. The summed E-state index contributed by atoms with van der Waals surface area (Å²) in [6, 6.07) is 0. The highest BCUT2D eigenvalue weighted by Crippen LogP contribution is 2.27. The molecule has 10 heteroatoms. The number of amidine groups is 1. The highest BCUT2D eigenvalue weighted by Gasteiger charge is 2.43. The van der Waals surface area contributed by atoms with Gasteiger partial charge in [0.15, 0.2) is 5.84 Å². The van der Waals surface area contributed by atoms with Crippen LogP contribution >= 0.6 is 0 Å². The first-order valence-electron chi connectivity index (χ1n) is 3.76. The summed E-state index contributed by atoms with van der Waals surface area (Å²) in [5.41, 5.74) is 4.67. The van der Waals surface area contributed by atoms with Crippen LogP contribution in [0.1, 0.15) is 0 Å². The van der Waals surface area contributed by atoms with Crippen LogP contribution in [-0.4, -0.2) is 36.6 Å². The smallest absolute Gasteiger partial charge is 0.409 e. The molecule has 1 atom stereocenters. The van der Waals surface area contributed by atoms with Crippen molar-refractivity contribution in [3.8, 4) is 0 Å². The lowest BCUT2D eigenvalue weighted by atomic mass is 10.1. The van der Waals surface area contributed by atoms with Crippen LogP contribution in [0.25, 0.3) is 0 Å². The maximum atomic E-state index is 12.1. The van der Waals surface area contributed by atoms with E-state index in [1.54, 1.807) is 0 Å². The lowest BCUT2D eigenvalue weighted by molar-refractivity contribution is -0.199. The van der Waals surface area contributed by atoms with Crippen molar-refractivity contribution in [2.45, 2.75) is 12.4 Å². The molecule has 96 valence electrons. The fraction of sp³-hybridized carbons (Fsp3) is 0.833. The van der Waals surface area contributed by atoms with Crippen molar-refractivity contribution in [3.05, 3.63) is 0 Å². The molecule has 0 spiro atoms. The predicted molar refractivity (Wildman–Crippen MR) is 39.8 cm³/mol. The molecule has 0 radical (unpaired) electrons. The van der Waals surface area contributed by atoms with Crippen LogP contribution in [0.4, 0.5) is 26.3 Å². The molecule has 0 rings (SSSR count). The van der Waals surface area contributed by atoms with Crippen LogP contribution in [0.15, 0.2) is 5.16 Å². The minimum atomic E-state index is -4.94. The Morgan fingerprint density at radius 1 is 1.25 bits per heavy atom. The van der Waals surface area contributed by atoms with Gasteiger partial charge in [-0.25, -0.2) is 0 Å². The Labute approximate surface area is 85.7 Å². The molecular weight excluding hydrogens is 246 g/mol. The van der Waals surface area contributed by atoms with Crippen LogP contribution in [-0.2, 0) is 4.74 Å². The quantitative estimate of drug-likeness (QED) is 0.262. The zero-order valence-electron chi connectivity index (χ0n) is 7.64. The van der Waals surface area contributed by atoms with E-state index in [-0.39, 0.29) is 0 Å². The number of oxime groups is 1. The van der Waals surface area contributed by atoms with Crippen molar-refractivity contribution >= 4 is 5.84 Å². The van der Waals surface area contributed by atoms with Gasteiger partial charge >= 0.3 is 12.4 Å². The molecule has 0 amide bonds. The van der Waals surface area contributed by atoms with Crippen LogP contribution in [0, 0.1) is 5.92 Å². The Bertz CT molecular complexity index is 248. The van der Waals surface area contributed by atoms with E-state index in [1.807, 2.05) is 0 Å². The summed E-state index contributed by atoms with van der Waals surface area (Å²) in [5, 5.41) is 10.1. The van der Waals surface area contributed by atoms with E-state index in [4.69, 9.17) is 5.21 Å². The maximum absolute atomic E-state index is 12.1. The minimum absolute atomic E-state index is 1.25. The molecule has 0 saturated carbocycles. The average Bonchev–Trinajstić information content (AvgIpc) is 2.07. The Morgan fingerprint density at radius 3 is 2.06 bits per heavy atom. The molecule has 0 aromatic heterocycles. The molecule has 0 fully saturated rings. The fourth-order valence-corrected chi connectivity index (χ4v) is 0.710. The van der Waals surface area contributed by atoms with E-state index in [0.29, 0.717) is 0 Å². The number of ether oxygens (including phenoxy) is 1. The van der Waals surface area contributed by atoms with Crippen LogP contribution < -0.4 is 5.73 Å². The first-order valence-corrected chi connectivity index (χ1v) is 3.76. The molecule has 0 aromatic carbocycles. The van der Waals surface area contributed by atoms with E-state index in [9.17, 15) is 26.3 Å². The van der Waals surface area contributed by atoms with Gasteiger partial charge in [0.2, 0.25) is 0 Å². The molecule has 1 unspecified atom stereocenters. The molecule has 0 aromatic rings. The summed E-state index contributed by atoms with van der Waals surface area (Å²) in [6.07, 6.45) is -9.68. The van der Waals surface area contributed by atoms with Crippen LogP contribution in [0.2, 0.25) is 0 Å². The Hall–Kier alpha value is -1.19. The van der Waals surface area contributed by atoms with Gasteiger partial charge in [-0.05, 0) is 0 Å². The zero-order chi connectivity index (χ0) is 13.0. The topological polar surface area (TPSA) is 67.8 Å². The Balaban J connectivity index is 4.37. The van der Waals surface area contributed by atoms with E-state index in [0.717, 1.165) is 0 Å². The van der Waals surface area contributed by atoms with Gasteiger partial charge in [0.05, 0.1) is 6.61 Å². The second-order valence-corrected chi connectivity index (χ2v) is 2.75. The molecule has 0 aliphatic heterocycles. The predicted octanol–water partition coefficient (Wildman–Crippen LogP) is 1.49. The normalized spacial score (nSPS) is 16.2. The summed E-state index contributed by atoms with van der Waals surface area (Å²) in [5.74, 6) is -3.82. The first kappa shape index (κ1) is 14.8. The van der Waals surface area contributed by atoms with E-state index >= 15 is 0 Å². The number of nitrogens with two attached hydrogens (primary N) is 1. The monoisotopic (exact) mass is 254 g/mol. The average molecular weight is 254 g/mol. The number of hydrogen-bond donors (Lipinski definition) is 2. The third kappa shape index (κ3) is 5.63. The summed E-state index contributed by atoms with van der Waals surface area (Å²) in [7, 11) is 0. The molecule has 3 N–H and O–H groups in total. The fourth-order valence-electron chi connectivity index (χ4n) is 0.710. The molecule has 0 saturated heterocycles. The zero-order valence-corrected chi connectivity index (χ0v) is 7.64. The molecule has 0 aliphatic rings. The Kier molecular flexibility index (Phi) is 4.84. The minimum Gasteiger partial charge on any atom is -0.409 e. The summed E-state index contributed by atoms with van der Waals surface area (Å²) >= 11 is 0. The van der Waals surface area contributed by atoms with E-state index in [2.05, 4.69) is 15.6 Å². The van der Waals surface area contributed by atoms with E-state index < -0.39 is 37.3 Å². The lowest BCUT2D eigenvalue weighted by Gasteiger charge is -2.19. The number of hydrogen-bond acceptors (Lipinski definition) is 3. The SMILES string of the molecule is NC(=NO)C(COCC(F)(F)F)C(F)(F)F. The van der Waals surface area contributed by atoms with Gasteiger partial charge in [0, 0.05) is 0 Å². The third-order valence-electron chi connectivity index (χ3n) is 1.42. The van der Waals surface area contributed by atoms with Gasteiger partial charge < -0.3 is 15.7 Å². The van der Waals surface area contributed by atoms with E-state index in [1.165, 1.54) is 0 Å². The molecular formula is C6H8F6N2O2. The molecule has 0 aliphatic carbocycles. The number of alkyl halides is 6. The largest absolute Gasteiger partial charge is 0.411 e. The van der Waals surface area contributed by atoms with Gasteiger partial charge in [-0.3, -0.25) is 0 Å². The van der Waals surface area contributed by atoms with Crippen molar-refractivity contribution in [1.82, 2.24) is 0 Å². The van der Waals surface area contributed by atoms with Gasteiger partial charge in [-0.1, -0.05) is 5.16 Å². The van der Waals surface area contributed by atoms with Crippen LogP contribution in [0.3, 0.4) is 0 Å². The van der Waals surface area contributed by atoms with Gasteiger partial charge in [-0.2, -0.15) is 26.3 Å². The maximum Gasteiger partial charge on any atom is 0.411 e. The summed E-state index contributed by atoms with van der Waals surface area (Å²) < 4.78 is 74.9. The lowest BCUT2D eigenvalue weighted by Crippen LogP contribution is -2.40.